The fourth-order valence-corrected chi connectivity index (χ4v) is 1.78. The molecule has 0 amide bonds. The minimum absolute atomic E-state index is 0.177. The van der Waals surface area contributed by atoms with Gasteiger partial charge in [-0.25, -0.2) is 0 Å². The third-order valence-electron chi connectivity index (χ3n) is 3.25. The van der Waals surface area contributed by atoms with E-state index in [1.54, 1.807) is 7.11 Å². The largest absolute Gasteiger partial charge is 0.383 e. The highest BCUT2D eigenvalue weighted by Crippen LogP contribution is 2.11. The van der Waals surface area contributed by atoms with E-state index >= 15 is 0 Å². The molecule has 0 N–H and O–H groups in total. The molecule has 0 saturated carbocycles. The van der Waals surface area contributed by atoms with Gasteiger partial charge < -0.3 is 4.74 Å². The Kier molecular flexibility index (Phi) is 6.02. The van der Waals surface area contributed by atoms with Gasteiger partial charge in [-0.15, -0.1) is 0 Å². The van der Waals surface area contributed by atoms with Crippen LogP contribution in [0.3, 0.4) is 0 Å². The van der Waals surface area contributed by atoms with E-state index in [1.165, 1.54) is 11.1 Å². The number of hydrogen-bond acceptors (Lipinski definition) is 3. The van der Waals surface area contributed by atoms with Crippen LogP contribution in [-0.4, -0.2) is 44.0 Å². The number of ether oxygens (including phenoxy) is 1. The normalized spacial score (nSPS) is 10.9. The van der Waals surface area contributed by atoms with Crippen LogP contribution in [0.2, 0.25) is 0 Å². The van der Waals surface area contributed by atoms with Gasteiger partial charge in [-0.3, -0.25) is 9.69 Å². The molecular weight excluding hydrogens is 226 g/mol. The summed E-state index contributed by atoms with van der Waals surface area (Å²) in [5.41, 5.74) is 3.19. The number of ketones is 1. The number of nitrogens with zero attached hydrogens (tertiary/aromatic N) is 1. The van der Waals surface area contributed by atoms with Crippen LogP contribution < -0.4 is 0 Å². The highest BCUT2D eigenvalue weighted by atomic mass is 16.5. The monoisotopic (exact) mass is 249 g/mol. The summed E-state index contributed by atoms with van der Waals surface area (Å²) >= 11 is 0. The van der Waals surface area contributed by atoms with Crippen molar-refractivity contribution in [3.05, 3.63) is 34.9 Å². The molecule has 0 radical (unpaired) electrons. The van der Waals surface area contributed by atoms with Gasteiger partial charge in [0.2, 0.25) is 0 Å². The lowest BCUT2D eigenvalue weighted by Crippen LogP contribution is -2.32. The number of methoxy groups -OCH3 is 1. The molecule has 0 saturated heterocycles. The first kappa shape index (κ1) is 14.9. The zero-order valence-electron chi connectivity index (χ0n) is 11.8. The average molecular weight is 249 g/mol. The maximum atomic E-state index is 12.2. The SMILES string of the molecule is CCN(CCOC)CC(=O)c1ccc(C)c(C)c1. The van der Waals surface area contributed by atoms with E-state index in [4.69, 9.17) is 4.74 Å². The second-order valence-electron chi connectivity index (χ2n) is 4.58. The fraction of sp³-hybridized carbons (Fsp3) is 0.533. The summed E-state index contributed by atoms with van der Waals surface area (Å²) in [4.78, 5) is 14.3. The summed E-state index contributed by atoms with van der Waals surface area (Å²) in [7, 11) is 1.68. The van der Waals surface area contributed by atoms with Crippen molar-refractivity contribution in [3.63, 3.8) is 0 Å². The van der Waals surface area contributed by atoms with Crippen molar-refractivity contribution in [1.82, 2.24) is 4.90 Å². The van der Waals surface area contributed by atoms with E-state index in [0.29, 0.717) is 13.2 Å². The van der Waals surface area contributed by atoms with Gasteiger partial charge >= 0.3 is 0 Å². The number of carbonyl (C=O) groups is 1. The van der Waals surface area contributed by atoms with Crippen molar-refractivity contribution in [2.45, 2.75) is 20.8 Å². The molecule has 0 spiro atoms. The molecular formula is C15H23NO2. The highest BCUT2D eigenvalue weighted by Gasteiger charge is 2.11. The minimum Gasteiger partial charge on any atom is -0.383 e. The number of rotatable bonds is 7. The first-order valence-corrected chi connectivity index (χ1v) is 6.40. The molecule has 0 fully saturated rings. The van der Waals surface area contributed by atoms with Gasteiger partial charge in [-0.1, -0.05) is 19.1 Å². The van der Waals surface area contributed by atoms with Crippen LogP contribution in [0, 0.1) is 13.8 Å². The van der Waals surface area contributed by atoms with Crippen LogP contribution in [0.25, 0.3) is 0 Å². The maximum absolute atomic E-state index is 12.2. The third-order valence-corrected chi connectivity index (χ3v) is 3.25. The quantitative estimate of drug-likeness (QED) is 0.695. The average Bonchev–Trinajstić information content (AvgIpc) is 2.37. The number of likely N-dealkylation sites (N-methyl/N-ethyl adjacent to an activating group) is 1. The second kappa shape index (κ2) is 7.29. The number of carbonyl (C=O) groups excluding carboxylic acids is 1. The number of aryl methyl sites for hydroxylation is 2. The molecule has 0 heterocycles. The number of benzene rings is 1. The maximum Gasteiger partial charge on any atom is 0.176 e. The Labute approximate surface area is 110 Å². The van der Waals surface area contributed by atoms with Crippen molar-refractivity contribution < 1.29 is 9.53 Å². The molecule has 0 aliphatic rings. The van der Waals surface area contributed by atoms with Crippen LogP contribution in [0.1, 0.15) is 28.4 Å². The van der Waals surface area contributed by atoms with E-state index in [0.717, 1.165) is 18.7 Å². The molecule has 1 aromatic carbocycles. The molecule has 1 aromatic rings. The number of Topliss-reactive ketones (excluding diaryl/α,β-unsaturated/α-hetero) is 1. The van der Waals surface area contributed by atoms with Crippen LogP contribution in [0.5, 0.6) is 0 Å². The van der Waals surface area contributed by atoms with Gasteiger partial charge in [0.1, 0.15) is 0 Å². The van der Waals surface area contributed by atoms with Gasteiger partial charge in [-0.2, -0.15) is 0 Å². The van der Waals surface area contributed by atoms with Crippen molar-refractivity contribution >= 4 is 5.78 Å². The Bertz CT molecular complexity index is 401. The van der Waals surface area contributed by atoms with Crippen molar-refractivity contribution in [2.75, 3.05) is 33.4 Å². The smallest absolute Gasteiger partial charge is 0.176 e. The number of hydrogen-bond donors (Lipinski definition) is 0. The lowest BCUT2D eigenvalue weighted by Gasteiger charge is -2.19. The summed E-state index contributed by atoms with van der Waals surface area (Å²) in [6.07, 6.45) is 0. The Morgan fingerprint density at radius 3 is 2.56 bits per heavy atom. The van der Waals surface area contributed by atoms with E-state index in [9.17, 15) is 4.79 Å². The van der Waals surface area contributed by atoms with E-state index < -0.39 is 0 Å². The summed E-state index contributed by atoms with van der Waals surface area (Å²) < 4.78 is 5.04. The van der Waals surface area contributed by atoms with Gasteiger partial charge in [0.05, 0.1) is 13.2 Å². The molecule has 0 unspecified atom stereocenters. The van der Waals surface area contributed by atoms with Gasteiger partial charge in [-0.05, 0) is 37.6 Å². The van der Waals surface area contributed by atoms with E-state index in [2.05, 4.69) is 18.7 Å². The molecule has 0 aliphatic carbocycles. The van der Waals surface area contributed by atoms with Gasteiger partial charge in [0, 0.05) is 19.2 Å². The molecule has 3 heteroatoms. The summed E-state index contributed by atoms with van der Waals surface area (Å²) in [6, 6.07) is 5.89. The standard InChI is InChI=1S/C15H23NO2/c1-5-16(8-9-18-4)11-15(17)14-7-6-12(2)13(3)10-14/h6-7,10H,5,8-9,11H2,1-4H3. The topological polar surface area (TPSA) is 29.5 Å². The molecule has 0 aromatic heterocycles. The predicted molar refractivity (Wildman–Crippen MR) is 74.2 cm³/mol. The third kappa shape index (κ3) is 4.24. The Morgan fingerprint density at radius 2 is 2.00 bits per heavy atom. The highest BCUT2D eigenvalue weighted by molar-refractivity contribution is 5.97. The zero-order chi connectivity index (χ0) is 13.5. The Balaban J connectivity index is 2.65. The van der Waals surface area contributed by atoms with Crippen LogP contribution in [0.15, 0.2) is 18.2 Å². The van der Waals surface area contributed by atoms with Crippen LogP contribution in [-0.2, 0) is 4.74 Å². The molecule has 1 rings (SSSR count). The lowest BCUT2D eigenvalue weighted by atomic mass is 10.0. The summed E-state index contributed by atoms with van der Waals surface area (Å²) in [5.74, 6) is 0.177. The first-order valence-electron chi connectivity index (χ1n) is 6.40. The van der Waals surface area contributed by atoms with Crippen molar-refractivity contribution in [3.8, 4) is 0 Å². The molecule has 18 heavy (non-hydrogen) atoms. The molecule has 0 bridgehead atoms. The summed E-state index contributed by atoms with van der Waals surface area (Å²) in [6.45, 7) is 8.93. The molecule has 0 aliphatic heterocycles. The van der Waals surface area contributed by atoms with E-state index in [-0.39, 0.29) is 5.78 Å². The molecule has 0 atom stereocenters. The van der Waals surface area contributed by atoms with E-state index in [1.807, 2.05) is 25.1 Å². The Morgan fingerprint density at radius 1 is 1.28 bits per heavy atom. The van der Waals surface area contributed by atoms with Gasteiger partial charge in [0.25, 0.3) is 0 Å². The second-order valence-corrected chi connectivity index (χ2v) is 4.58. The predicted octanol–water partition coefficient (Wildman–Crippen LogP) is 2.45. The molecule has 100 valence electrons. The minimum atomic E-state index is 0.177. The Hall–Kier alpha value is -1.19. The first-order chi connectivity index (χ1) is 8.58. The molecule has 3 nitrogen and oxygen atoms in total. The van der Waals surface area contributed by atoms with Crippen LogP contribution in [0.4, 0.5) is 0 Å². The van der Waals surface area contributed by atoms with Gasteiger partial charge in [0.15, 0.2) is 5.78 Å². The zero-order valence-corrected chi connectivity index (χ0v) is 11.8. The van der Waals surface area contributed by atoms with Crippen LogP contribution >= 0.6 is 0 Å². The van der Waals surface area contributed by atoms with Crippen molar-refractivity contribution in [1.29, 1.82) is 0 Å². The fourth-order valence-electron chi connectivity index (χ4n) is 1.78. The van der Waals surface area contributed by atoms with Crippen molar-refractivity contribution in [2.24, 2.45) is 0 Å². The summed E-state index contributed by atoms with van der Waals surface area (Å²) in [5, 5.41) is 0. The lowest BCUT2D eigenvalue weighted by molar-refractivity contribution is 0.0902.